The number of pyridine rings is 1. The number of carbonyl (C=O) groups excluding carboxylic acids is 2. The molecule has 1 unspecified atom stereocenters. The van der Waals surface area contributed by atoms with Crippen LogP contribution < -0.4 is 11.5 Å². The topological polar surface area (TPSA) is 102 Å². The van der Waals surface area contributed by atoms with Gasteiger partial charge in [0.05, 0.1) is 23.4 Å². The molecular formula is C11H13ClN4O2. The third-order valence-corrected chi connectivity index (χ3v) is 3.27. The second-order valence-electron chi connectivity index (χ2n) is 4.25. The van der Waals surface area contributed by atoms with Gasteiger partial charge in [-0.15, -0.1) is 0 Å². The van der Waals surface area contributed by atoms with E-state index in [9.17, 15) is 9.59 Å². The summed E-state index contributed by atoms with van der Waals surface area (Å²) in [6.07, 6.45) is 1.96. The van der Waals surface area contributed by atoms with Crippen molar-refractivity contribution in [1.29, 1.82) is 0 Å². The molecule has 1 atom stereocenters. The Morgan fingerprint density at radius 2 is 2.22 bits per heavy atom. The zero-order valence-electron chi connectivity index (χ0n) is 9.60. The molecule has 96 valence electrons. The average molecular weight is 269 g/mol. The van der Waals surface area contributed by atoms with Gasteiger partial charge in [0.2, 0.25) is 5.91 Å². The predicted molar refractivity (Wildman–Crippen MR) is 66.9 cm³/mol. The lowest BCUT2D eigenvalue weighted by Crippen LogP contribution is -2.32. The summed E-state index contributed by atoms with van der Waals surface area (Å²) >= 11 is 5.86. The summed E-state index contributed by atoms with van der Waals surface area (Å²) in [5.41, 5.74) is 11.4. The van der Waals surface area contributed by atoms with Crippen LogP contribution in [-0.4, -0.2) is 34.8 Å². The SMILES string of the molecule is NC(=O)C1CCN(C(=O)c2cc(N)cnc2Cl)C1. The fraction of sp³-hybridized carbons (Fsp3) is 0.364. The van der Waals surface area contributed by atoms with Gasteiger partial charge in [-0.25, -0.2) is 4.98 Å². The molecular weight excluding hydrogens is 256 g/mol. The Morgan fingerprint density at radius 1 is 1.50 bits per heavy atom. The molecule has 2 rings (SSSR count). The molecule has 0 aliphatic carbocycles. The van der Waals surface area contributed by atoms with Crippen LogP contribution in [0.25, 0.3) is 0 Å². The van der Waals surface area contributed by atoms with E-state index in [0.717, 1.165) is 0 Å². The molecule has 0 spiro atoms. The summed E-state index contributed by atoms with van der Waals surface area (Å²) in [5, 5.41) is 0.108. The minimum Gasteiger partial charge on any atom is -0.397 e. The summed E-state index contributed by atoms with van der Waals surface area (Å²) < 4.78 is 0. The van der Waals surface area contributed by atoms with Crippen LogP contribution in [0, 0.1) is 5.92 Å². The van der Waals surface area contributed by atoms with E-state index in [0.29, 0.717) is 25.2 Å². The molecule has 6 nitrogen and oxygen atoms in total. The Balaban J connectivity index is 2.17. The van der Waals surface area contributed by atoms with Gasteiger partial charge in [-0.2, -0.15) is 0 Å². The lowest BCUT2D eigenvalue weighted by atomic mass is 10.1. The van der Waals surface area contributed by atoms with Crippen molar-refractivity contribution in [3.63, 3.8) is 0 Å². The van der Waals surface area contributed by atoms with Gasteiger partial charge < -0.3 is 16.4 Å². The lowest BCUT2D eigenvalue weighted by Gasteiger charge is -2.16. The van der Waals surface area contributed by atoms with Crippen molar-refractivity contribution >= 4 is 29.1 Å². The first-order valence-corrected chi connectivity index (χ1v) is 5.86. The standard InChI is InChI=1S/C11H13ClN4O2/c12-9-8(3-7(13)4-15-9)11(18)16-2-1-6(5-16)10(14)17/h3-4,6H,1-2,5,13H2,(H2,14,17). The molecule has 18 heavy (non-hydrogen) atoms. The number of hydrogen-bond acceptors (Lipinski definition) is 4. The molecule has 1 aromatic rings. The quantitative estimate of drug-likeness (QED) is 0.751. The zero-order valence-corrected chi connectivity index (χ0v) is 10.4. The van der Waals surface area contributed by atoms with Crippen molar-refractivity contribution < 1.29 is 9.59 Å². The van der Waals surface area contributed by atoms with Crippen LogP contribution in [0.1, 0.15) is 16.8 Å². The number of likely N-dealkylation sites (tertiary alicyclic amines) is 1. The van der Waals surface area contributed by atoms with Crippen molar-refractivity contribution in [3.05, 3.63) is 23.0 Å². The summed E-state index contributed by atoms with van der Waals surface area (Å²) in [7, 11) is 0. The molecule has 1 saturated heterocycles. The smallest absolute Gasteiger partial charge is 0.257 e. The molecule has 0 aromatic carbocycles. The van der Waals surface area contributed by atoms with Crippen LogP contribution in [0.2, 0.25) is 5.15 Å². The Labute approximate surface area is 109 Å². The van der Waals surface area contributed by atoms with E-state index in [1.807, 2.05) is 0 Å². The van der Waals surface area contributed by atoms with E-state index >= 15 is 0 Å². The van der Waals surface area contributed by atoms with Crippen molar-refractivity contribution in [2.45, 2.75) is 6.42 Å². The molecule has 0 bridgehead atoms. The number of halogens is 1. The summed E-state index contributed by atoms with van der Waals surface area (Å²) in [6.45, 7) is 0.802. The molecule has 2 heterocycles. The number of nitrogens with zero attached hydrogens (tertiary/aromatic N) is 2. The van der Waals surface area contributed by atoms with E-state index < -0.39 is 0 Å². The van der Waals surface area contributed by atoms with E-state index in [2.05, 4.69) is 4.98 Å². The fourth-order valence-electron chi connectivity index (χ4n) is 1.96. The number of amides is 2. The minimum atomic E-state index is -0.387. The average Bonchev–Trinajstić information content (AvgIpc) is 2.81. The van der Waals surface area contributed by atoms with Gasteiger partial charge in [-0.1, -0.05) is 11.6 Å². The molecule has 0 saturated carbocycles. The second kappa shape index (κ2) is 4.81. The van der Waals surface area contributed by atoms with Gasteiger partial charge in [-0.05, 0) is 12.5 Å². The molecule has 7 heteroatoms. The number of aromatic nitrogens is 1. The van der Waals surface area contributed by atoms with Crippen molar-refractivity contribution in [1.82, 2.24) is 9.88 Å². The number of hydrogen-bond donors (Lipinski definition) is 2. The molecule has 1 aliphatic heterocycles. The van der Waals surface area contributed by atoms with Gasteiger partial charge >= 0.3 is 0 Å². The first kappa shape index (κ1) is 12.6. The Hall–Kier alpha value is -1.82. The molecule has 1 aromatic heterocycles. The Kier molecular flexibility index (Phi) is 3.38. The van der Waals surface area contributed by atoms with Gasteiger partial charge in [0.25, 0.3) is 5.91 Å². The normalized spacial score (nSPS) is 18.9. The maximum Gasteiger partial charge on any atom is 0.257 e. The predicted octanol–water partition coefficient (Wildman–Crippen LogP) is 0.265. The first-order valence-electron chi connectivity index (χ1n) is 5.48. The molecule has 0 radical (unpaired) electrons. The Bertz CT molecular complexity index is 506. The number of anilines is 1. The number of primary amides is 1. The van der Waals surface area contributed by atoms with Crippen LogP contribution >= 0.6 is 11.6 Å². The van der Waals surface area contributed by atoms with Crippen LogP contribution in [0.3, 0.4) is 0 Å². The van der Waals surface area contributed by atoms with E-state index in [4.69, 9.17) is 23.1 Å². The number of nitrogens with two attached hydrogens (primary N) is 2. The highest BCUT2D eigenvalue weighted by molar-refractivity contribution is 6.32. The highest BCUT2D eigenvalue weighted by atomic mass is 35.5. The third kappa shape index (κ3) is 2.38. The third-order valence-electron chi connectivity index (χ3n) is 2.97. The maximum atomic E-state index is 12.2. The van der Waals surface area contributed by atoms with Gasteiger partial charge in [0, 0.05) is 13.1 Å². The van der Waals surface area contributed by atoms with Gasteiger partial charge in [-0.3, -0.25) is 9.59 Å². The van der Waals surface area contributed by atoms with E-state index in [-0.39, 0.29) is 28.4 Å². The van der Waals surface area contributed by atoms with Crippen molar-refractivity contribution in [3.8, 4) is 0 Å². The molecule has 1 fully saturated rings. The van der Waals surface area contributed by atoms with Crippen molar-refractivity contribution in [2.75, 3.05) is 18.8 Å². The molecule has 4 N–H and O–H groups in total. The number of rotatable bonds is 2. The van der Waals surface area contributed by atoms with E-state index in [1.54, 1.807) is 0 Å². The molecule has 2 amide bonds. The van der Waals surface area contributed by atoms with Crippen LogP contribution in [-0.2, 0) is 4.79 Å². The highest BCUT2D eigenvalue weighted by Crippen LogP contribution is 2.22. The zero-order chi connectivity index (χ0) is 13.3. The summed E-state index contributed by atoms with van der Waals surface area (Å²) in [4.78, 5) is 28.6. The largest absolute Gasteiger partial charge is 0.397 e. The summed E-state index contributed by atoms with van der Waals surface area (Å²) in [5.74, 6) is -0.951. The molecule has 1 aliphatic rings. The summed E-state index contributed by atoms with van der Waals surface area (Å²) in [6, 6.07) is 1.48. The van der Waals surface area contributed by atoms with Crippen molar-refractivity contribution in [2.24, 2.45) is 11.7 Å². The monoisotopic (exact) mass is 268 g/mol. The minimum absolute atomic E-state index is 0.108. The van der Waals surface area contributed by atoms with E-state index in [1.165, 1.54) is 17.2 Å². The maximum absolute atomic E-state index is 12.2. The second-order valence-corrected chi connectivity index (χ2v) is 4.60. The first-order chi connectivity index (χ1) is 8.49. The Morgan fingerprint density at radius 3 is 2.83 bits per heavy atom. The van der Waals surface area contributed by atoms with Gasteiger partial charge in [0.1, 0.15) is 5.15 Å². The lowest BCUT2D eigenvalue weighted by molar-refractivity contribution is -0.121. The van der Waals surface area contributed by atoms with Crippen LogP contribution in [0.15, 0.2) is 12.3 Å². The fourth-order valence-corrected chi connectivity index (χ4v) is 2.15. The van der Waals surface area contributed by atoms with Gasteiger partial charge in [0.15, 0.2) is 0 Å². The number of carbonyl (C=O) groups is 2. The number of nitrogen functional groups attached to an aromatic ring is 1. The van der Waals surface area contributed by atoms with Crippen LogP contribution in [0.5, 0.6) is 0 Å². The highest BCUT2D eigenvalue weighted by Gasteiger charge is 2.31. The van der Waals surface area contributed by atoms with Crippen LogP contribution in [0.4, 0.5) is 5.69 Å².